The van der Waals surface area contributed by atoms with Crippen LogP contribution in [0.3, 0.4) is 0 Å². The molecule has 0 aliphatic carbocycles. The van der Waals surface area contributed by atoms with Crippen LogP contribution in [0.1, 0.15) is 11.3 Å². The van der Waals surface area contributed by atoms with E-state index in [1.54, 1.807) is 12.1 Å². The van der Waals surface area contributed by atoms with Crippen LogP contribution >= 0.6 is 11.6 Å². The summed E-state index contributed by atoms with van der Waals surface area (Å²) in [5.41, 5.74) is 2.74. The zero-order chi connectivity index (χ0) is 19.0. The molecule has 0 fully saturated rings. The van der Waals surface area contributed by atoms with E-state index in [0.29, 0.717) is 28.6 Å². The fraction of sp³-hybridized carbons (Fsp3) is 0.105. The van der Waals surface area contributed by atoms with Crippen molar-refractivity contribution in [2.75, 3.05) is 5.32 Å². The Balaban J connectivity index is 1.64. The van der Waals surface area contributed by atoms with E-state index in [1.165, 1.54) is 22.7 Å². The summed E-state index contributed by atoms with van der Waals surface area (Å²) in [7, 11) is 0. The molecule has 0 atom stereocenters. The predicted octanol–water partition coefficient (Wildman–Crippen LogP) is 3.80. The molecule has 2 aromatic carbocycles. The number of H-pyrrole nitrogens is 1. The van der Waals surface area contributed by atoms with Crippen LogP contribution in [0.15, 0.2) is 53.3 Å². The van der Waals surface area contributed by atoms with Crippen molar-refractivity contribution in [1.29, 1.82) is 0 Å². The molecule has 6 nitrogen and oxygen atoms in total. The van der Waals surface area contributed by atoms with Gasteiger partial charge in [0.25, 0.3) is 11.3 Å². The summed E-state index contributed by atoms with van der Waals surface area (Å²) in [6.07, 6.45) is 0. The van der Waals surface area contributed by atoms with Crippen molar-refractivity contribution >= 4 is 23.1 Å². The molecule has 2 heterocycles. The Labute approximate surface area is 158 Å². The summed E-state index contributed by atoms with van der Waals surface area (Å²) in [5.74, 6) is 0.353. The van der Waals surface area contributed by atoms with E-state index in [1.807, 2.05) is 25.1 Å². The van der Waals surface area contributed by atoms with Crippen LogP contribution in [-0.4, -0.2) is 19.6 Å². The Hall–Kier alpha value is -3.19. The zero-order valence-corrected chi connectivity index (χ0v) is 15.1. The first kappa shape index (κ1) is 17.2. The first-order chi connectivity index (χ1) is 13.0. The van der Waals surface area contributed by atoms with Crippen LogP contribution in [0.2, 0.25) is 5.02 Å². The second-order valence-electron chi connectivity index (χ2n) is 6.07. The van der Waals surface area contributed by atoms with Gasteiger partial charge in [-0.3, -0.25) is 9.89 Å². The minimum Gasteiger partial charge on any atom is -0.379 e. The third-order valence-corrected chi connectivity index (χ3v) is 4.64. The van der Waals surface area contributed by atoms with Crippen LogP contribution in [0, 0.1) is 12.7 Å². The Morgan fingerprint density at radius 3 is 2.74 bits per heavy atom. The summed E-state index contributed by atoms with van der Waals surface area (Å²) < 4.78 is 14.3. The molecule has 2 aromatic heterocycles. The van der Waals surface area contributed by atoms with Gasteiger partial charge < -0.3 is 5.32 Å². The number of halogens is 2. The molecule has 0 bridgehead atoms. The van der Waals surface area contributed by atoms with Gasteiger partial charge in [0.2, 0.25) is 0 Å². The maximum Gasteiger partial charge on any atom is 0.274 e. The number of benzene rings is 2. The number of nitrogens with one attached hydrogen (secondary N) is 2. The van der Waals surface area contributed by atoms with Crippen molar-refractivity contribution in [2.24, 2.45) is 0 Å². The van der Waals surface area contributed by atoms with Crippen molar-refractivity contribution in [3.63, 3.8) is 0 Å². The van der Waals surface area contributed by atoms with Gasteiger partial charge in [-0.1, -0.05) is 17.7 Å². The highest BCUT2D eigenvalue weighted by Crippen LogP contribution is 2.23. The van der Waals surface area contributed by atoms with Gasteiger partial charge in [-0.15, -0.1) is 0 Å². The second kappa shape index (κ2) is 6.85. The van der Waals surface area contributed by atoms with Crippen molar-refractivity contribution in [2.45, 2.75) is 13.5 Å². The maximum atomic E-state index is 13.1. The largest absolute Gasteiger partial charge is 0.379 e. The monoisotopic (exact) mass is 383 g/mol. The molecule has 0 unspecified atom stereocenters. The first-order valence-corrected chi connectivity index (χ1v) is 8.63. The van der Waals surface area contributed by atoms with E-state index >= 15 is 0 Å². The lowest BCUT2D eigenvalue weighted by Crippen LogP contribution is -2.17. The molecule has 8 heteroatoms. The summed E-state index contributed by atoms with van der Waals surface area (Å²) >= 11 is 6.12. The van der Waals surface area contributed by atoms with Gasteiger partial charge >= 0.3 is 0 Å². The molecule has 27 heavy (non-hydrogen) atoms. The molecule has 0 amide bonds. The number of hydrogen-bond donors (Lipinski definition) is 2. The second-order valence-corrected chi connectivity index (χ2v) is 6.47. The standard InChI is InChI=1S/C19H15ClFN5O/c1-11-15(20)3-2-4-16(11)22-10-14-9-17(27)26-19(23-14)24-18(25-26)12-5-7-13(21)8-6-12/h2-9,22H,10H2,1H3,(H,23,24,25). The van der Waals surface area contributed by atoms with Crippen LogP contribution < -0.4 is 10.9 Å². The quantitative estimate of drug-likeness (QED) is 0.562. The van der Waals surface area contributed by atoms with E-state index in [2.05, 4.69) is 20.4 Å². The highest BCUT2D eigenvalue weighted by Gasteiger charge is 2.10. The molecule has 2 N–H and O–H groups in total. The number of fused-ring (bicyclic) bond motifs is 1. The minimum absolute atomic E-state index is 0.251. The number of anilines is 1. The molecule has 0 aliphatic heterocycles. The predicted molar refractivity (Wildman–Crippen MR) is 103 cm³/mol. The van der Waals surface area contributed by atoms with Gasteiger partial charge in [-0.2, -0.15) is 9.50 Å². The number of hydrogen-bond acceptors (Lipinski definition) is 4. The van der Waals surface area contributed by atoms with E-state index < -0.39 is 0 Å². The normalized spacial score (nSPS) is 11.1. The smallest absolute Gasteiger partial charge is 0.274 e. The van der Waals surface area contributed by atoms with Gasteiger partial charge in [0.15, 0.2) is 5.82 Å². The molecular formula is C19H15ClFN5O. The van der Waals surface area contributed by atoms with Gasteiger partial charge in [0.1, 0.15) is 5.82 Å². The maximum absolute atomic E-state index is 13.1. The SMILES string of the molecule is Cc1c(Cl)cccc1NCc1cc(=O)n2[nH]c(-c3ccc(F)cc3)nc2n1. The Bertz CT molecular complexity index is 1180. The molecular weight excluding hydrogens is 369 g/mol. The Morgan fingerprint density at radius 1 is 1.19 bits per heavy atom. The lowest BCUT2D eigenvalue weighted by Gasteiger charge is -2.10. The van der Waals surface area contributed by atoms with Gasteiger partial charge in [-0.25, -0.2) is 9.37 Å². The summed E-state index contributed by atoms with van der Waals surface area (Å²) in [5, 5.41) is 6.79. The van der Waals surface area contributed by atoms with Crippen LogP contribution in [0.5, 0.6) is 0 Å². The first-order valence-electron chi connectivity index (χ1n) is 8.25. The fourth-order valence-electron chi connectivity index (χ4n) is 2.74. The van der Waals surface area contributed by atoms with E-state index in [0.717, 1.165) is 11.3 Å². The van der Waals surface area contributed by atoms with E-state index in [-0.39, 0.29) is 17.2 Å². The van der Waals surface area contributed by atoms with Crippen LogP contribution in [0.25, 0.3) is 17.2 Å². The highest BCUT2D eigenvalue weighted by atomic mass is 35.5. The molecule has 136 valence electrons. The molecule has 0 aliphatic rings. The number of aromatic nitrogens is 4. The average Bonchev–Trinajstić information content (AvgIpc) is 3.08. The van der Waals surface area contributed by atoms with E-state index in [4.69, 9.17) is 11.6 Å². The van der Waals surface area contributed by atoms with Crippen LogP contribution in [-0.2, 0) is 6.54 Å². The van der Waals surface area contributed by atoms with E-state index in [9.17, 15) is 9.18 Å². The molecule has 0 spiro atoms. The molecule has 4 aromatic rings. The summed E-state index contributed by atoms with van der Waals surface area (Å²) in [4.78, 5) is 21.1. The minimum atomic E-state index is -0.338. The van der Waals surface area contributed by atoms with Gasteiger partial charge in [-0.05, 0) is 48.9 Å². The number of nitrogens with zero attached hydrogens (tertiary/aromatic N) is 3. The molecule has 4 rings (SSSR count). The third kappa shape index (κ3) is 3.41. The van der Waals surface area contributed by atoms with Crippen molar-refractivity contribution in [1.82, 2.24) is 19.6 Å². The number of aromatic amines is 1. The van der Waals surface area contributed by atoms with Gasteiger partial charge in [0, 0.05) is 22.3 Å². The topological polar surface area (TPSA) is 75.1 Å². The van der Waals surface area contributed by atoms with Crippen LogP contribution in [0.4, 0.5) is 10.1 Å². The third-order valence-electron chi connectivity index (χ3n) is 4.23. The van der Waals surface area contributed by atoms with Crippen molar-refractivity contribution in [3.05, 3.63) is 81.0 Å². The molecule has 0 saturated carbocycles. The Morgan fingerprint density at radius 2 is 1.96 bits per heavy atom. The average molecular weight is 384 g/mol. The molecule has 0 saturated heterocycles. The Kier molecular flexibility index (Phi) is 4.37. The lowest BCUT2D eigenvalue weighted by atomic mass is 10.2. The van der Waals surface area contributed by atoms with Gasteiger partial charge in [0.05, 0.1) is 12.2 Å². The highest BCUT2D eigenvalue weighted by molar-refractivity contribution is 6.31. The summed E-state index contributed by atoms with van der Waals surface area (Å²) in [6.45, 7) is 2.27. The van der Waals surface area contributed by atoms with Crippen molar-refractivity contribution < 1.29 is 4.39 Å². The number of rotatable bonds is 4. The zero-order valence-electron chi connectivity index (χ0n) is 14.3. The molecule has 0 radical (unpaired) electrons. The lowest BCUT2D eigenvalue weighted by molar-refractivity contribution is 0.628. The summed E-state index contributed by atoms with van der Waals surface area (Å²) in [6, 6.07) is 12.9. The fourth-order valence-corrected chi connectivity index (χ4v) is 2.91. The van der Waals surface area contributed by atoms with Crippen molar-refractivity contribution in [3.8, 4) is 11.4 Å².